The van der Waals surface area contributed by atoms with Gasteiger partial charge in [-0.1, -0.05) is 13.0 Å². The van der Waals surface area contributed by atoms with Crippen LogP contribution in [0, 0.1) is 18.6 Å². The maximum absolute atomic E-state index is 13.9. The van der Waals surface area contributed by atoms with Crippen molar-refractivity contribution in [2.75, 3.05) is 6.54 Å². The maximum Gasteiger partial charge on any atom is 0.129 e. The van der Waals surface area contributed by atoms with Gasteiger partial charge in [0.25, 0.3) is 0 Å². The Labute approximate surface area is 124 Å². The van der Waals surface area contributed by atoms with Crippen molar-refractivity contribution in [3.05, 3.63) is 52.9 Å². The minimum atomic E-state index is -0.500. The van der Waals surface area contributed by atoms with Gasteiger partial charge < -0.3 is 5.32 Å². The Hall–Kier alpha value is -1.75. The van der Waals surface area contributed by atoms with Gasteiger partial charge >= 0.3 is 0 Å². The van der Waals surface area contributed by atoms with Gasteiger partial charge in [0.05, 0.1) is 6.20 Å². The predicted molar refractivity (Wildman–Crippen MR) is 79.0 cm³/mol. The molecule has 114 valence electrons. The summed E-state index contributed by atoms with van der Waals surface area (Å²) in [6.07, 6.45) is 2.99. The molecular weight excluding hydrogens is 272 g/mol. The first-order chi connectivity index (χ1) is 10.0. The van der Waals surface area contributed by atoms with E-state index in [-0.39, 0.29) is 18.0 Å². The van der Waals surface area contributed by atoms with Gasteiger partial charge in [-0.3, -0.25) is 4.68 Å². The highest BCUT2D eigenvalue weighted by Crippen LogP contribution is 2.24. The Morgan fingerprint density at radius 2 is 1.95 bits per heavy atom. The van der Waals surface area contributed by atoms with Crippen LogP contribution in [0.3, 0.4) is 0 Å². The lowest BCUT2D eigenvalue weighted by molar-refractivity contribution is 0.488. The van der Waals surface area contributed by atoms with Gasteiger partial charge in [0.15, 0.2) is 0 Å². The molecule has 0 bridgehead atoms. The number of hydrogen-bond donors (Lipinski definition) is 1. The molecule has 0 aliphatic carbocycles. The largest absolute Gasteiger partial charge is 0.310 e. The van der Waals surface area contributed by atoms with E-state index >= 15 is 0 Å². The van der Waals surface area contributed by atoms with Crippen molar-refractivity contribution in [1.29, 1.82) is 0 Å². The summed E-state index contributed by atoms with van der Waals surface area (Å²) in [5.41, 5.74) is 2.10. The second-order valence-corrected chi connectivity index (χ2v) is 5.22. The molecule has 3 nitrogen and oxygen atoms in total. The summed E-state index contributed by atoms with van der Waals surface area (Å²) >= 11 is 0. The van der Waals surface area contributed by atoms with E-state index < -0.39 is 11.6 Å². The van der Waals surface area contributed by atoms with Gasteiger partial charge in [-0.25, -0.2) is 8.78 Å². The van der Waals surface area contributed by atoms with Crippen molar-refractivity contribution >= 4 is 0 Å². The lowest BCUT2D eigenvalue weighted by atomic mass is 9.98. The summed E-state index contributed by atoms with van der Waals surface area (Å²) in [5.74, 6) is -1.00. The van der Waals surface area contributed by atoms with Gasteiger partial charge in [-0.15, -0.1) is 0 Å². The smallest absolute Gasteiger partial charge is 0.129 e. The Kier molecular flexibility index (Phi) is 5.07. The second kappa shape index (κ2) is 6.80. The lowest BCUT2D eigenvalue weighted by Crippen LogP contribution is -2.25. The van der Waals surface area contributed by atoms with Crippen LogP contribution >= 0.6 is 0 Å². The summed E-state index contributed by atoms with van der Waals surface area (Å²) in [5, 5.41) is 7.58. The minimum Gasteiger partial charge on any atom is -0.310 e. The van der Waals surface area contributed by atoms with Gasteiger partial charge in [-0.2, -0.15) is 5.10 Å². The van der Waals surface area contributed by atoms with E-state index in [1.807, 2.05) is 14.0 Å². The predicted octanol–water partition coefficient (Wildman–Crippen LogP) is 3.29. The molecule has 1 unspecified atom stereocenters. The SMILES string of the molecule is CCCNC(Cc1c(F)cccc1F)c1cnn(C)c1C. The lowest BCUT2D eigenvalue weighted by Gasteiger charge is -2.19. The third kappa shape index (κ3) is 3.47. The zero-order valence-electron chi connectivity index (χ0n) is 12.7. The maximum atomic E-state index is 13.9. The molecule has 0 saturated carbocycles. The molecule has 1 aromatic carbocycles. The average molecular weight is 293 g/mol. The van der Waals surface area contributed by atoms with E-state index in [0.29, 0.717) is 0 Å². The highest BCUT2D eigenvalue weighted by atomic mass is 19.1. The van der Waals surface area contributed by atoms with Crippen molar-refractivity contribution in [3.8, 4) is 0 Å². The molecule has 0 radical (unpaired) electrons. The highest BCUT2D eigenvalue weighted by Gasteiger charge is 2.20. The van der Waals surface area contributed by atoms with E-state index in [9.17, 15) is 8.78 Å². The summed E-state index contributed by atoms with van der Waals surface area (Å²) in [6, 6.07) is 3.83. The van der Waals surface area contributed by atoms with Crippen LogP contribution in [0.15, 0.2) is 24.4 Å². The van der Waals surface area contributed by atoms with E-state index in [0.717, 1.165) is 24.2 Å². The zero-order chi connectivity index (χ0) is 15.4. The number of aromatic nitrogens is 2. The minimum absolute atomic E-state index is 0.120. The zero-order valence-corrected chi connectivity index (χ0v) is 12.7. The number of nitrogens with one attached hydrogen (secondary N) is 1. The first-order valence-electron chi connectivity index (χ1n) is 7.19. The van der Waals surface area contributed by atoms with Crippen LogP contribution < -0.4 is 5.32 Å². The number of benzene rings is 1. The van der Waals surface area contributed by atoms with Gasteiger partial charge in [0.1, 0.15) is 11.6 Å². The van der Waals surface area contributed by atoms with Gasteiger partial charge in [0, 0.05) is 29.9 Å². The van der Waals surface area contributed by atoms with Crippen molar-refractivity contribution in [2.24, 2.45) is 7.05 Å². The third-order valence-corrected chi connectivity index (χ3v) is 3.76. The Balaban J connectivity index is 2.31. The molecular formula is C16H21F2N3. The van der Waals surface area contributed by atoms with Crippen LogP contribution in [0.5, 0.6) is 0 Å². The molecule has 1 N–H and O–H groups in total. The normalized spacial score (nSPS) is 12.6. The molecule has 1 heterocycles. The van der Waals surface area contributed by atoms with Crippen molar-refractivity contribution in [3.63, 3.8) is 0 Å². The van der Waals surface area contributed by atoms with E-state index in [2.05, 4.69) is 17.3 Å². The first kappa shape index (κ1) is 15.6. The van der Waals surface area contributed by atoms with Crippen LogP contribution in [-0.4, -0.2) is 16.3 Å². The van der Waals surface area contributed by atoms with Crippen LogP contribution in [0.2, 0.25) is 0 Å². The number of rotatable bonds is 6. The summed E-state index contributed by atoms with van der Waals surface area (Å²) in [4.78, 5) is 0. The monoisotopic (exact) mass is 293 g/mol. The van der Waals surface area contributed by atoms with Crippen LogP contribution in [0.25, 0.3) is 0 Å². The Morgan fingerprint density at radius 3 is 2.48 bits per heavy atom. The van der Waals surface area contributed by atoms with Crippen LogP contribution in [0.1, 0.15) is 36.2 Å². The molecule has 2 rings (SSSR count). The molecule has 0 fully saturated rings. The number of nitrogens with zero attached hydrogens (tertiary/aromatic N) is 2. The molecule has 5 heteroatoms. The molecule has 2 aromatic rings. The van der Waals surface area contributed by atoms with Crippen molar-refractivity contribution in [2.45, 2.75) is 32.7 Å². The summed E-state index contributed by atoms with van der Waals surface area (Å²) in [7, 11) is 1.86. The number of aryl methyl sites for hydroxylation is 1. The molecule has 21 heavy (non-hydrogen) atoms. The van der Waals surface area contributed by atoms with Gasteiger partial charge in [-0.05, 0) is 38.4 Å². The Morgan fingerprint density at radius 1 is 1.29 bits per heavy atom. The molecule has 1 atom stereocenters. The second-order valence-electron chi connectivity index (χ2n) is 5.22. The summed E-state index contributed by atoms with van der Waals surface area (Å²) in [6.45, 7) is 4.81. The van der Waals surface area contributed by atoms with Crippen molar-refractivity contribution < 1.29 is 8.78 Å². The highest BCUT2D eigenvalue weighted by molar-refractivity contribution is 5.26. The fourth-order valence-electron chi connectivity index (χ4n) is 2.40. The Bertz CT molecular complexity index is 587. The molecule has 0 amide bonds. The number of halogens is 2. The molecule has 0 saturated heterocycles. The molecule has 0 aliphatic heterocycles. The molecule has 0 spiro atoms. The number of hydrogen-bond acceptors (Lipinski definition) is 2. The van der Waals surface area contributed by atoms with E-state index in [1.54, 1.807) is 10.9 Å². The third-order valence-electron chi connectivity index (χ3n) is 3.76. The van der Waals surface area contributed by atoms with Gasteiger partial charge in [0.2, 0.25) is 0 Å². The molecule has 0 aliphatic rings. The van der Waals surface area contributed by atoms with E-state index in [1.165, 1.54) is 18.2 Å². The fraction of sp³-hybridized carbons (Fsp3) is 0.438. The average Bonchev–Trinajstić information content (AvgIpc) is 2.78. The fourth-order valence-corrected chi connectivity index (χ4v) is 2.40. The topological polar surface area (TPSA) is 29.9 Å². The quantitative estimate of drug-likeness (QED) is 0.885. The molecule has 1 aromatic heterocycles. The first-order valence-corrected chi connectivity index (χ1v) is 7.19. The summed E-state index contributed by atoms with van der Waals surface area (Å²) < 4.78 is 29.5. The van der Waals surface area contributed by atoms with Crippen molar-refractivity contribution in [1.82, 2.24) is 15.1 Å². The standard InChI is InChI=1S/C16H21F2N3/c1-4-8-19-16(13-10-20-21(3)11(13)2)9-12-14(17)6-5-7-15(12)18/h5-7,10,16,19H,4,8-9H2,1-3H3. The van der Waals surface area contributed by atoms with Crippen LogP contribution in [0.4, 0.5) is 8.78 Å². The van der Waals surface area contributed by atoms with E-state index in [4.69, 9.17) is 0 Å². The van der Waals surface area contributed by atoms with Crippen LogP contribution in [-0.2, 0) is 13.5 Å².